The fourth-order valence-electron chi connectivity index (χ4n) is 3.57. The van der Waals surface area contributed by atoms with E-state index in [1.54, 1.807) is 6.07 Å². The molecular weight excluding hydrogens is 474 g/mol. The minimum Gasteiger partial charge on any atom is -0.481 e. The van der Waals surface area contributed by atoms with E-state index in [0.717, 1.165) is 24.0 Å². The van der Waals surface area contributed by atoms with E-state index in [1.807, 2.05) is 0 Å². The molecule has 0 saturated heterocycles. The summed E-state index contributed by atoms with van der Waals surface area (Å²) in [4.78, 5) is 24.6. The van der Waals surface area contributed by atoms with Gasteiger partial charge in [-0.1, -0.05) is 17.7 Å². The molecule has 0 aliphatic heterocycles. The van der Waals surface area contributed by atoms with E-state index in [2.05, 4.69) is 27.7 Å². The van der Waals surface area contributed by atoms with Crippen LogP contribution in [-0.2, 0) is 17.6 Å². The lowest BCUT2D eigenvalue weighted by Crippen LogP contribution is -2.26. The second-order valence-corrected chi connectivity index (χ2v) is 8.21. The average molecular weight is 489 g/mol. The van der Waals surface area contributed by atoms with Gasteiger partial charge < -0.3 is 5.11 Å². The molecule has 2 aliphatic carbocycles. The van der Waals surface area contributed by atoms with Gasteiger partial charge in [0, 0.05) is 12.0 Å². The SMILES string of the molecule is O=C(O)[C@@H]1CCc2c(I)nn(C(=O)c3c(C4CC4)ccc(F)c3Cl)c2C1. The van der Waals surface area contributed by atoms with Gasteiger partial charge in [-0.05, 0) is 65.8 Å². The molecule has 0 spiro atoms. The van der Waals surface area contributed by atoms with Gasteiger partial charge in [0.15, 0.2) is 0 Å². The molecule has 1 heterocycles. The Bertz CT molecular complexity index is 939. The van der Waals surface area contributed by atoms with Crippen LogP contribution < -0.4 is 0 Å². The lowest BCUT2D eigenvalue weighted by atomic mass is 9.88. The van der Waals surface area contributed by atoms with E-state index in [1.165, 1.54) is 10.7 Å². The van der Waals surface area contributed by atoms with Crippen molar-refractivity contribution in [1.82, 2.24) is 9.78 Å². The second kappa shape index (κ2) is 6.60. The highest BCUT2D eigenvalue weighted by molar-refractivity contribution is 14.1. The second-order valence-electron chi connectivity index (χ2n) is 6.81. The molecule has 1 aromatic heterocycles. The summed E-state index contributed by atoms with van der Waals surface area (Å²) in [7, 11) is 0. The number of halogens is 3. The first-order valence-corrected chi connectivity index (χ1v) is 9.85. The largest absolute Gasteiger partial charge is 0.481 e. The van der Waals surface area contributed by atoms with Crippen molar-refractivity contribution in [1.29, 1.82) is 0 Å². The Balaban J connectivity index is 1.82. The highest BCUT2D eigenvalue weighted by atomic mass is 127. The molecule has 0 unspecified atom stereocenters. The standard InChI is InChI=1S/C18H15ClFIN2O3/c19-15-12(20)6-5-10(8-1-2-8)14(15)17(24)23-13-7-9(18(25)26)3-4-11(13)16(21)22-23/h5-6,8-9H,1-4,7H2,(H,25,26)/t9-/m1/s1. The molecule has 2 aromatic rings. The fraction of sp³-hybridized carbons (Fsp3) is 0.389. The van der Waals surface area contributed by atoms with Crippen molar-refractivity contribution in [2.24, 2.45) is 5.92 Å². The number of carboxylic acids is 1. The molecule has 1 atom stereocenters. The van der Waals surface area contributed by atoms with Crippen LogP contribution >= 0.6 is 34.2 Å². The van der Waals surface area contributed by atoms with E-state index < -0.39 is 23.6 Å². The Labute approximate surface area is 167 Å². The van der Waals surface area contributed by atoms with Gasteiger partial charge in [0.05, 0.1) is 22.2 Å². The zero-order chi connectivity index (χ0) is 18.6. The summed E-state index contributed by atoms with van der Waals surface area (Å²) >= 11 is 8.20. The van der Waals surface area contributed by atoms with Crippen molar-refractivity contribution in [2.75, 3.05) is 0 Å². The van der Waals surface area contributed by atoms with Crippen LogP contribution in [0.4, 0.5) is 4.39 Å². The Morgan fingerprint density at radius 1 is 1.31 bits per heavy atom. The van der Waals surface area contributed by atoms with Crippen LogP contribution in [0.2, 0.25) is 5.02 Å². The number of rotatable bonds is 3. The zero-order valence-corrected chi connectivity index (χ0v) is 16.6. The van der Waals surface area contributed by atoms with Crippen molar-refractivity contribution in [3.05, 3.63) is 49.1 Å². The number of fused-ring (bicyclic) bond motifs is 1. The molecule has 0 bridgehead atoms. The number of carbonyl (C=O) groups is 2. The maximum atomic E-state index is 14.0. The highest BCUT2D eigenvalue weighted by Gasteiger charge is 2.35. The molecule has 0 radical (unpaired) electrons. The molecule has 1 aromatic carbocycles. The van der Waals surface area contributed by atoms with E-state index in [4.69, 9.17) is 11.6 Å². The van der Waals surface area contributed by atoms with Gasteiger partial charge in [-0.3, -0.25) is 9.59 Å². The first kappa shape index (κ1) is 17.9. The average Bonchev–Trinajstić information content (AvgIpc) is 3.40. The Kier molecular flexibility index (Phi) is 4.54. The summed E-state index contributed by atoms with van der Waals surface area (Å²) in [6, 6.07) is 2.91. The van der Waals surface area contributed by atoms with Crippen molar-refractivity contribution in [3.8, 4) is 0 Å². The number of benzene rings is 1. The number of hydrogen-bond donors (Lipinski definition) is 1. The Morgan fingerprint density at radius 2 is 2.04 bits per heavy atom. The van der Waals surface area contributed by atoms with Crippen molar-refractivity contribution >= 4 is 46.1 Å². The Morgan fingerprint density at radius 3 is 2.69 bits per heavy atom. The molecule has 26 heavy (non-hydrogen) atoms. The molecule has 5 nitrogen and oxygen atoms in total. The summed E-state index contributed by atoms with van der Waals surface area (Å²) in [5.74, 6) is -2.34. The van der Waals surface area contributed by atoms with Crippen LogP contribution in [0.3, 0.4) is 0 Å². The summed E-state index contributed by atoms with van der Waals surface area (Å²) in [6.07, 6.45) is 3.20. The third kappa shape index (κ3) is 2.94. The van der Waals surface area contributed by atoms with Crippen LogP contribution in [0, 0.1) is 15.4 Å². The molecule has 1 saturated carbocycles. The summed E-state index contributed by atoms with van der Waals surface area (Å²) in [5, 5.41) is 13.5. The minimum atomic E-state index is -0.881. The molecule has 0 amide bonds. The molecule has 2 aliphatic rings. The van der Waals surface area contributed by atoms with Crippen LogP contribution in [0.15, 0.2) is 12.1 Å². The number of carbonyl (C=O) groups excluding carboxylic acids is 1. The third-order valence-electron chi connectivity index (χ3n) is 5.12. The predicted molar refractivity (Wildman–Crippen MR) is 101 cm³/mol. The molecule has 4 rings (SSSR count). The molecule has 136 valence electrons. The summed E-state index contributed by atoms with van der Waals surface area (Å²) in [6.45, 7) is 0. The van der Waals surface area contributed by atoms with Gasteiger partial charge in [0.1, 0.15) is 9.52 Å². The molecular formula is C18H15ClFIN2O3. The van der Waals surface area contributed by atoms with Crippen molar-refractivity contribution in [3.63, 3.8) is 0 Å². The molecule has 8 heteroatoms. The quantitative estimate of drug-likeness (QED) is 0.662. The van der Waals surface area contributed by atoms with Crippen molar-refractivity contribution < 1.29 is 19.1 Å². The van der Waals surface area contributed by atoms with E-state index in [9.17, 15) is 19.1 Å². The summed E-state index contributed by atoms with van der Waals surface area (Å²) in [5.41, 5.74) is 2.39. The van der Waals surface area contributed by atoms with Gasteiger partial charge in [-0.25, -0.2) is 4.39 Å². The number of nitrogens with zero attached hydrogens (tertiary/aromatic N) is 2. The van der Waals surface area contributed by atoms with E-state index in [-0.39, 0.29) is 22.9 Å². The van der Waals surface area contributed by atoms with Gasteiger partial charge in [-0.2, -0.15) is 9.78 Å². The summed E-state index contributed by atoms with van der Waals surface area (Å²) < 4.78 is 15.9. The van der Waals surface area contributed by atoms with E-state index in [0.29, 0.717) is 22.2 Å². The number of hydrogen-bond acceptors (Lipinski definition) is 3. The third-order valence-corrected chi connectivity index (χ3v) is 6.36. The van der Waals surface area contributed by atoms with Gasteiger partial charge in [0.2, 0.25) is 0 Å². The monoisotopic (exact) mass is 488 g/mol. The molecule has 1 N–H and O–H groups in total. The van der Waals surface area contributed by atoms with Gasteiger partial charge in [0.25, 0.3) is 5.91 Å². The zero-order valence-electron chi connectivity index (χ0n) is 13.6. The predicted octanol–water partition coefficient (Wildman–Crippen LogP) is 4.04. The maximum Gasteiger partial charge on any atom is 0.306 e. The topological polar surface area (TPSA) is 72.2 Å². The van der Waals surface area contributed by atoms with Gasteiger partial charge >= 0.3 is 5.97 Å². The first-order valence-electron chi connectivity index (χ1n) is 8.40. The van der Waals surface area contributed by atoms with E-state index >= 15 is 0 Å². The van der Waals surface area contributed by atoms with Crippen molar-refractivity contribution in [2.45, 2.75) is 38.0 Å². The van der Waals surface area contributed by atoms with Crippen LogP contribution in [0.1, 0.15) is 52.4 Å². The minimum absolute atomic E-state index is 0.147. The fourth-order valence-corrected chi connectivity index (χ4v) is 4.62. The number of aromatic nitrogens is 2. The maximum absolute atomic E-state index is 14.0. The Hall–Kier alpha value is -1.48. The van der Waals surface area contributed by atoms with Crippen LogP contribution in [0.5, 0.6) is 0 Å². The molecule has 1 fully saturated rings. The number of carboxylic acid groups (broad SMARTS) is 1. The number of aliphatic carboxylic acids is 1. The van der Waals surface area contributed by atoms with Crippen LogP contribution in [-0.4, -0.2) is 26.8 Å². The normalized spacial score (nSPS) is 19.3. The smallest absolute Gasteiger partial charge is 0.306 e. The lowest BCUT2D eigenvalue weighted by molar-refractivity contribution is -0.142. The highest BCUT2D eigenvalue weighted by Crippen LogP contribution is 2.44. The van der Waals surface area contributed by atoms with Gasteiger partial charge in [-0.15, -0.1) is 0 Å². The lowest BCUT2D eigenvalue weighted by Gasteiger charge is -2.20. The first-order chi connectivity index (χ1) is 12.4. The van der Waals surface area contributed by atoms with Crippen LogP contribution in [0.25, 0.3) is 0 Å².